The second-order valence-corrected chi connectivity index (χ2v) is 6.27. The van der Waals surface area contributed by atoms with E-state index in [4.69, 9.17) is 9.47 Å². The number of amides is 1. The fraction of sp³-hybridized carbons (Fsp3) is 0.182. The predicted molar refractivity (Wildman–Crippen MR) is 110 cm³/mol. The molecule has 1 heterocycles. The minimum Gasteiger partial charge on any atom is -0.497 e. The molecule has 0 unspecified atom stereocenters. The zero-order valence-electron chi connectivity index (χ0n) is 16.2. The Kier molecular flexibility index (Phi) is 6.11. The number of hydrogen-bond donors (Lipinski definition) is 1. The van der Waals surface area contributed by atoms with Gasteiger partial charge in [-0.1, -0.05) is 30.3 Å². The Balaban J connectivity index is 1.70. The Morgan fingerprint density at radius 1 is 1.04 bits per heavy atom. The van der Waals surface area contributed by atoms with Crippen LogP contribution in [0, 0.1) is 0 Å². The van der Waals surface area contributed by atoms with Crippen LogP contribution >= 0.6 is 0 Å². The lowest BCUT2D eigenvalue weighted by Crippen LogP contribution is -2.18. The molecule has 0 aliphatic rings. The molecule has 3 aromatic rings. The third-order valence-corrected chi connectivity index (χ3v) is 4.32. The average molecular weight is 377 g/mol. The van der Waals surface area contributed by atoms with Crippen molar-refractivity contribution in [3.8, 4) is 11.5 Å². The molecule has 28 heavy (non-hydrogen) atoms. The summed E-state index contributed by atoms with van der Waals surface area (Å²) < 4.78 is 10.5. The number of nitrogens with one attached hydrogen (secondary N) is 1. The van der Waals surface area contributed by atoms with Crippen molar-refractivity contribution in [2.24, 2.45) is 0 Å². The first-order chi connectivity index (χ1) is 13.6. The Morgan fingerprint density at radius 3 is 2.46 bits per heavy atom. The van der Waals surface area contributed by atoms with E-state index < -0.39 is 0 Å². The zero-order chi connectivity index (χ0) is 19.9. The van der Waals surface area contributed by atoms with Gasteiger partial charge >= 0.3 is 0 Å². The molecule has 0 saturated carbocycles. The SMILES string of the molecule is COc1ccc(OC)c(NC(=O)c2ccc(N(C)Cc3ccccc3)nc2)c1. The minimum absolute atomic E-state index is 0.267. The molecule has 0 atom stereocenters. The van der Waals surface area contributed by atoms with E-state index in [1.165, 1.54) is 5.56 Å². The number of methoxy groups -OCH3 is 2. The van der Waals surface area contributed by atoms with Gasteiger partial charge in [0.05, 0.1) is 25.5 Å². The van der Waals surface area contributed by atoms with Crippen LogP contribution in [0.4, 0.5) is 11.5 Å². The van der Waals surface area contributed by atoms with Crippen molar-refractivity contribution in [1.29, 1.82) is 0 Å². The third-order valence-electron chi connectivity index (χ3n) is 4.32. The molecule has 144 valence electrons. The first-order valence-electron chi connectivity index (χ1n) is 8.85. The fourth-order valence-electron chi connectivity index (χ4n) is 2.79. The second kappa shape index (κ2) is 8.90. The van der Waals surface area contributed by atoms with E-state index in [1.54, 1.807) is 44.7 Å². The Morgan fingerprint density at radius 2 is 1.82 bits per heavy atom. The second-order valence-electron chi connectivity index (χ2n) is 6.27. The summed E-state index contributed by atoms with van der Waals surface area (Å²) in [5.74, 6) is 1.71. The standard InChI is InChI=1S/C22H23N3O3/c1-25(15-16-7-5-4-6-8-16)21-12-9-17(14-23-21)22(26)24-19-13-18(27-2)10-11-20(19)28-3/h4-14H,15H2,1-3H3,(H,24,26). The van der Waals surface area contributed by atoms with E-state index in [2.05, 4.69) is 22.4 Å². The van der Waals surface area contributed by atoms with Crippen LogP contribution in [0.25, 0.3) is 0 Å². The highest BCUT2D eigenvalue weighted by atomic mass is 16.5. The van der Waals surface area contributed by atoms with Crippen LogP contribution in [0.3, 0.4) is 0 Å². The van der Waals surface area contributed by atoms with E-state index in [0.29, 0.717) is 22.7 Å². The van der Waals surface area contributed by atoms with Crippen LogP contribution < -0.4 is 19.7 Å². The molecule has 0 aliphatic heterocycles. The van der Waals surface area contributed by atoms with Crippen molar-refractivity contribution in [3.63, 3.8) is 0 Å². The summed E-state index contributed by atoms with van der Waals surface area (Å²) in [5, 5.41) is 2.84. The van der Waals surface area contributed by atoms with E-state index in [9.17, 15) is 4.79 Å². The summed E-state index contributed by atoms with van der Waals surface area (Å²) in [5.41, 5.74) is 2.19. The van der Waals surface area contributed by atoms with Crippen molar-refractivity contribution in [1.82, 2.24) is 4.98 Å². The van der Waals surface area contributed by atoms with Crippen molar-refractivity contribution in [2.45, 2.75) is 6.54 Å². The Labute approximate surface area is 164 Å². The van der Waals surface area contributed by atoms with Crippen LogP contribution in [0.1, 0.15) is 15.9 Å². The van der Waals surface area contributed by atoms with Crippen LogP contribution in [-0.4, -0.2) is 32.2 Å². The summed E-state index contributed by atoms with van der Waals surface area (Å²) >= 11 is 0. The number of hydrogen-bond acceptors (Lipinski definition) is 5. The molecule has 6 heteroatoms. The van der Waals surface area contributed by atoms with E-state index in [1.807, 2.05) is 36.2 Å². The molecule has 0 fully saturated rings. The maximum atomic E-state index is 12.6. The molecule has 0 bridgehead atoms. The largest absolute Gasteiger partial charge is 0.497 e. The van der Waals surface area contributed by atoms with Crippen LogP contribution in [0.15, 0.2) is 66.9 Å². The average Bonchev–Trinajstić information content (AvgIpc) is 2.74. The lowest BCUT2D eigenvalue weighted by atomic mass is 10.2. The summed E-state index contributed by atoms with van der Waals surface area (Å²) in [6.07, 6.45) is 1.57. The van der Waals surface area contributed by atoms with Gasteiger partial charge in [0.15, 0.2) is 0 Å². The van der Waals surface area contributed by atoms with Gasteiger partial charge in [-0.05, 0) is 29.8 Å². The monoisotopic (exact) mass is 377 g/mol. The van der Waals surface area contributed by atoms with Crippen molar-refractivity contribution < 1.29 is 14.3 Å². The maximum Gasteiger partial charge on any atom is 0.257 e. The van der Waals surface area contributed by atoms with Crippen LogP contribution in [0.5, 0.6) is 11.5 Å². The quantitative estimate of drug-likeness (QED) is 0.675. The van der Waals surface area contributed by atoms with E-state index in [0.717, 1.165) is 12.4 Å². The van der Waals surface area contributed by atoms with Crippen molar-refractivity contribution in [2.75, 3.05) is 31.5 Å². The minimum atomic E-state index is -0.267. The molecular formula is C22H23N3O3. The molecular weight excluding hydrogens is 354 g/mol. The third kappa shape index (κ3) is 4.59. The Bertz CT molecular complexity index is 928. The van der Waals surface area contributed by atoms with Gasteiger partial charge in [-0.2, -0.15) is 0 Å². The molecule has 1 aromatic heterocycles. The number of benzene rings is 2. The zero-order valence-corrected chi connectivity index (χ0v) is 16.2. The highest BCUT2D eigenvalue weighted by Gasteiger charge is 2.12. The lowest BCUT2D eigenvalue weighted by molar-refractivity contribution is 0.102. The first-order valence-corrected chi connectivity index (χ1v) is 8.85. The van der Waals surface area contributed by atoms with Crippen molar-refractivity contribution >= 4 is 17.4 Å². The normalized spacial score (nSPS) is 10.2. The number of aromatic nitrogens is 1. The van der Waals surface area contributed by atoms with Gasteiger partial charge in [-0.25, -0.2) is 4.98 Å². The highest BCUT2D eigenvalue weighted by molar-refractivity contribution is 6.05. The summed E-state index contributed by atoms with van der Waals surface area (Å²) in [6, 6.07) is 19.0. The molecule has 2 aromatic carbocycles. The van der Waals surface area contributed by atoms with Gasteiger partial charge in [-0.3, -0.25) is 4.79 Å². The van der Waals surface area contributed by atoms with Gasteiger partial charge in [0.2, 0.25) is 0 Å². The van der Waals surface area contributed by atoms with Crippen LogP contribution in [0.2, 0.25) is 0 Å². The number of ether oxygens (including phenoxy) is 2. The van der Waals surface area contributed by atoms with Gasteiger partial charge in [0, 0.05) is 25.9 Å². The van der Waals surface area contributed by atoms with Gasteiger partial charge in [0.1, 0.15) is 17.3 Å². The maximum absolute atomic E-state index is 12.6. The van der Waals surface area contributed by atoms with E-state index in [-0.39, 0.29) is 5.91 Å². The molecule has 6 nitrogen and oxygen atoms in total. The molecule has 1 N–H and O–H groups in total. The first kappa shape index (κ1) is 19.2. The van der Waals surface area contributed by atoms with E-state index >= 15 is 0 Å². The van der Waals surface area contributed by atoms with Gasteiger partial charge in [0.25, 0.3) is 5.91 Å². The predicted octanol–water partition coefficient (Wildman–Crippen LogP) is 3.99. The smallest absolute Gasteiger partial charge is 0.257 e. The number of nitrogens with zero attached hydrogens (tertiary/aromatic N) is 2. The molecule has 0 saturated heterocycles. The molecule has 0 radical (unpaired) electrons. The topological polar surface area (TPSA) is 63.7 Å². The molecule has 0 aliphatic carbocycles. The number of carbonyl (C=O) groups excluding carboxylic acids is 1. The summed E-state index contributed by atoms with van der Waals surface area (Å²) in [7, 11) is 5.09. The summed E-state index contributed by atoms with van der Waals surface area (Å²) in [4.78, 5) is 19.0. The fourth-order valence-corrected chi connectivity index (χ4v) is 2.79. The lowest BCUT2D eigenvalue weighted by Gasteiger charge is -2.18. The molecule has 0 spiro atoms. The number of carbonyl (C=O) groups is 1. The van der Waals surface area contributed by atoms with Gasteiger partial charge in [-0.15, -0.1) is 0 Å². The van der Waals surface area contributed by atoms with Crippen LogP contribution in [-0.2, 0) is 6.54 Å². The Hall–Kier alpha value is -3.54. The number of anilines is 2. The molecule has 1 amide bonds. The number of rotatable bonds is 7. The van der Waals surface area contributed by atoms with Crippen molar-refractivity contribution in [3.05, 3.63) is 78.0 Å². The highest BCUT2D eigenvalue weighted by Crippen LogP contribution is 2.29. The van der Waals surface area contributed by atoms with Gasteiger partial charge < -0.3 is 19.7 Å². The summed E-state index contributed by atoms with van der Waals surface area (Å²) in [6.45, 7) is 0.736. The number of pyridine rings is 1. The molecule has 3 rings (SSSR count).